The first-order valence-electron chi connectivity index (χ1n) is 31.1. The van der Waals surface area contributed by atoms with Gasteiger partial charge in [-0.25, -0.2) is 0 Å². The lowest BCUT2D eigenvalue weighted by molar-refractivity contribution is -0.305. The van der Waals surface area contributed by atoms with Crippen LogP contribution >= 0.6 is 0 Å². The summed E-state index contributed by atoms with van der Waals surface area (Å²) in [5.41, 5.74) is 0. The molecule has 436 valence electrons. The number of esters is 1. The molecule has 0 bridgehead atoms. The van der Waals surface area contributed by atoms with Gasteiger partial charge in [-0.05, 0) is 70.6 Å². The topological polar surface area (TPSA) is 175 Å². The number of amides is 1. The van der Waals surface area contributed by atoms with Crippen molar-refractivity contribution in [3.05, 3.63) is 60.8 Å². The maximum Gasteiger partial charge on any atom is 0.306 e. The van der Waals surface area contributed by atoms with Crippen molar-refractivity contribution in [1.82, 2.24) is 5.32 Å². The summed E-state index contributed by atoms with van der Waals surface area (Å²) in [6.45, 7) is 5.63. The first kappa shape index (κ1) is 70.4. The number of unbranched alkanes of at least 4 members (excludes halogenated alkanes) is 32. The molecule has 0 spiro atoms. The first-order valence-corrected chi connectivity index (χ1v) is 31.1. The van der Waals surface area contributed by atoms with Crippen LogP contribution in [0.5, 0.6) is 0 Å². The van der Waals surface area contributed by atoms with Gasteiger partial charge in [-0.2, -0.15) is 0 Å². The second kappa shape index (κ2) is 52.1. The minimum atomic E-state index is -1.62. The van der Waals surface area contributed by atoms with E-state index in [0.29, 0.717) is 12.8 Å². The fourth-order valence-electron chi connectivity index (χ4n) is 9.53. The maximum atomic E-state index is 13.4. The summed E-state index contributed by atoms with van der Waals surface area (Å²) in [6, 6.07) is -1.03. The number of carbonyl (C=O) groups excluding carboxylic acids is 2. The Labute approximate surface area is 458 Å². The fraction of sp³-hybridized carbons (Fsp3) is 0.812. The van der Waals surface area contributed by atoms with E-state index in [9.17, 15) is 35.1 Å². The van der Waals surface area contributed by atoms with Crippen LogP contribution in [-0.2, 0) is 23.8 Å². The van der Waals surface area contributed by atoms with Gasteiger partial charge in [0.2, 0.25) is 5.91 Å². The molecule has 8 unspecified atom stereocenters. The van der Waals surface area contributed by atoms with E-state index in [0.717, 1.165) is 70.6 Å². The van der Waals surface area contributed by atoms with Crippen molar-refractivity contribution in [2.75, 3.05) is 13.2 Å². The number of ether oxygens (including phenoxy) is 3. The van der Waals surface area contributed by atoms with Gasteiger partial charge in [0.1, 0.15) is 24.4 Å². The summed E-state index contributed by atoms with van der Waals surface area (Å²) < 4.78 is 17.6. The number of hydrogen-bond donors (Lipinski definition) is 6. The van der Waals surface area contributed by atoms with Crippen LogP contribution in [0, 0.1) is 0 Å². The van der Waals surface area contributed by atoms with E-state index in [1.54, 1.807) is 6.08 Å². The normalized spacial score (nSPS) is 19.6. The lowest BCUT2D eigenvalue weighted by atomic mass is 9.99. The Morgan fingerprint density at radius 2 is 0.973 bits per heavy atom. The third-order valence-corrected chi connectivity index (χ3v) is 14.5. The summed E-state index contributed by atoms with van der Waals surface area (Å²) in [6.07, 6.45) is 54.2. The van der Waals surface area contributed by atoms with E-state index < -0.39 is 67.4 Å². The SMILES string of the molecule is CC/C=C/C=C/C=C\CCCCCCC(O)C(=O)NC(COC1OC(CO)C(O)C(O)C1OC(=O)CCCCCCCCCCCCCCC/C=C/CCCCCCCC)C(O)/C=C/CCCCCCCCCCC. The summed E-state index contributed by atoms with van der Waals surface area (Å²) in [7, 11) is 0. The Morgan fingerprint density at radius 3 is 1.47 bits per heavy atom. The minimum Gasteiger partial charge on any atom is -0.454 e. The molecule has 1 aliphatic rings. The average Bonchev–Trinajstić information content (AvgIpc) is 3.41. The van der Waals surface area contributed by atoms with Crippen molar-refractivity contribution in [3.63, 3.8) is 0 Å². The van der Waals surface area contributed by atoms with Gasteiger partial charge in [0.25, 0.3) is 0 Å². The molecule has 0 aromatic carbocycles. The van der Waals surface area contributed by atoms with E-state index >= 15 is 0 Å². The molecule has 75 heavy (non-hydrogen) atoms. The van der Waals surface area contributed by atoms with E-state index in [4.69, 9.17) is 14.2 Å². The summed E-state index contributed by atoms with van der Waals surface area (Å²) in [4.78, 5) is 26.5. The summed E-state index contributed by atoms with van der Waals surface area (Å²) in [5, 5.41) is 56.8. The van der Waals surface area contributed by atoms with Gasteiger partial charge < -0.3 is 45.1 Å². The molecular formula is C64H115NO10. The molecule has 1 amide bonds. The second-order valence-corrected chi connectivity index (χ2v) is 21.5. The third-order valence-electron chi connectivity index (χ3n) is 14.5. The standard InChI is InChI=1S/C64H115NO10/c1-4-7-10-13-16-19-22-24-25-26-27-28-29-30-31-32-33-34-37-40-43-46-49-52-59(69)75-62-61(71)60(70)58(53-66)74-64(62)73-54-55(56(67)50-47-44-41-38-35-21-18-15-12-9-6-3)65-63(72)57(68)51-48-45-42-39-36-23-20-17-14-11-8-5-2/h8,11,14,17,20,23-25,47,50,55-58,60-62,64,66-68,70-71H,4-7,9-10,12-13,15-16,18-19,21-22,26-46,48-49,51-54H2,1-3H3,(H,65,72)/b11-8+,17-14+,23-20-,25-24+,50-47+. The van der Waals surface area contributed by atoms with Crippen LogP contribution in [-0.4, -0.2) is 99.6 Å². The predicted octanol–water partition coefficient (Wildman–Crippen LogP) is 14.6. The Morgan fingerprint density at radius 1 is 0.533 bits per heavy atom. The number of aliphatic hydroxyl groups is 5. The van der Waals surface area contributed by atoms with E-state index in [1.807, 2.05) is 30.4 Å². The van der Waals surface area contributed by atoms with E-state index in [-0.39, 0.29) is 19.4 Å². The van der Waals surface area contributed by atoms with Gasteiger partial charge in [0, 0.05) is 6.42 Å². The monoisotopic (exact) mass is 1060 g/mol. The number of aliphatic hydroxyl groups excluding tert-OH is 5. The molecule has 0 radical (unpaired) electrons. The first-order chi connectivity index (χ1) is 36.7. The zero-order valence-corrected chi connectivity index (χ0v) is 48.2. The molecule has 0 aliphatic carbocycles. The van der Waals surface area contributed by atoms with Crippen molar-refractivity contribution in [1.29, 1.82) is 0 Å². The molecule has 11 heteroatoms. The molecular weight excluding hydrogens is 943 g/mol. The highest BCUT2D eigenvalue weighted by atomic mass is 16.7. The molecule has 11 nitrogen and oxygen atoms in total. The van der Waals surface area contributed by atoms with Crippen LogP contribution in [0.4, 0.5) is 0 Å². The van der Waals surface area contributed by atoms with Gasteiger partial charge in [-0.1, -0.05) is 255 Å². The molecule has 0 aromatic rings. The Balaban J connectivity index is 2.60. The van der Waals surface area contributed by atoms with Crippen LogP contribution in [0.3, 0.4) is 0 Å². The molecule has 1 aliphatic heterocycles. The number of rotatable bonds is 52. The number of nitrogens with one attached hydrogen (secondary N) is 1. The molecule has 1 rings (SSSR count). The van der Waals surface area contributed by atoms with E-state index in [1.165, 1.54) is 154 Å². The zero-order valence-electron chi connectivity index (χ0n) is 48.2. The molecule has 1 heterocycles. The van der Waals surface area contributed by atoms with Gasteiger partial charge >= 0.3 is 5.97 Å². The molecule has 0 aromatic heterocycles. The minimum absolute atomic E-state index is 0.121. The second-order valence-electron chi connectivity index (χ2n) is 21.5. The lowest BCUT2D eigenvalue weighted by Gasteiger charge is -2.41. The number of hydrogen-bond acceptors (Lipinski definition) is 10. The quantitative estimate of drug-likeness (QED) is 0.0149. The maximum absolute atomic E-state index is 13.4. The highest BCUT2D eigenvalue weighted by molar-refractivity contribution is 5.80. The van der Waals surface area contributed by atoms with Gasteiger partial charge in [0.15, 0.2) is 12.4 Å². The zero-order chi connectivity index (χ0) is 54.7. The van der Waals surface area contributed by atoms with Crippen molar-refractivity contribution in [2.45, 2.75) is 320 Å². The molecule has 8 atom stereocenters. The van der Waals surface area contributed by atoms with Crippen molar-refractivity contribution >= 4 is 11.9 Å². The molecule has 1 saturated heterocycles. The predicted molar refractivity (Wildman–Crippen MR) is 310 cm³/mol. The van der Waals surface area contributed by atoms with Crippen LogP contribution in [0.15, 0.2) is 60.8 Å². The van der Waals surface area contributed by atoms with Crippen molar-refractivity contribution in [2.24, 2.45) is 0 Å². The third kappa shape index (κ3) is 40.2. The van der Waals surface area contributed by atoms with Crippen molar-refractivity contribution in [3.8, 4) is 0 Å². The Kier molecular flexibility index (Phi) is 48.9. The molecule has 6 N–H and O–H groups in total. The van der Waals surface area contributed by atoms with Crippen LogP contribution in [0.1, 0.15) is 271 Å². The fourth-order valence-corrected chi connectivity index (χ4v) is 9.53. The van der Waals surface area contributed by atoms with Gasteiger partial charge in [-0.3, -0.25) is 9.59 Å². The lowest BCUT2D eigenvalue weighted by Crippen LogP contribution is -2.61. The highest BCUT2D eigenvalue weighted by Crippen LogP contribution is 2.26. The van der Waals surface area contributed by atoms with Crippen molar-refractivity contribution < 1.29 is 49.3 Å². The van der Waals surface area contributed by atoms with Crippen LogP contribution in [0.2, 0.25) is 0 Å². The van der Waals surface area contributed by atoms with E-state index in [2.05, 4.69) is 50.4 Å². The smallest absolute Gasteiger partial charge is 0.306 e. The Hall–Kier alpha value is -2.64. The van der Waals surface area contributed by atoms with Crippen LogP contribution in [0.25, 0.3) is 0 Å². The summed E-state index contributed by atoms with van der Waals surface area (Å²) >= 11 is 0. The van der Waals surface area contributed by atoms with Gasteiger partial charge in [-0.15, -0.1) is 0 Å². The molecule has 1 fully saturated rings. The molecule has 0 saturated carbocycles. The van der Waals surface area contributed by atoms with Crippen LogP contribution < -0.4 is 5.32 Å². The number of allylic oxidation sites excluding steroid dienone is 9. The Bertz CT molecular complexity index is 1450. The summed E-state index contributed by atoms with van der Waals surface area (Å²) in [5.74, 6) is -1.21. The largest absolute Gasteiger partial charge is 0.454 e. The highest BCUT2D eigenvalue weighted by Gasteiger charge is 2.47. The average molecular weight is 1060 g/mol. The van der Waals surface area contributed by atoms with Gasteiger partial charge in [0.05, 0.1) is 25.4 Å². The number of carbonyl (C=O) groups is 2.